The Labute approximate surface area is 154 Å². The Bertz CT molecular complexity index is 770. The second kappa shape index (κ2) is 6.53. The van der Waals surface area contributed by atoms with Crippen LogP contribution in [0.1, 0.15) is 55.3 Å². The highest BCUT2D eigenvalue weighted by Crippen LogP contribution is 2.50. The molecule has 0 radical (unpaired) electrons. The monoisotopic (exact) mass is 350 g/mol. The topological polar surface area (TPSA) is 51.0 Å². The van der Waals surface area contributed by atoms with Crippen molar-refractivity contribution in [3.8, 4) is 5.69 Å². The van der Waals surface area contributed by atoms with E-state index in [1.165, 1.54) is 38.5 Å². The minimum absolute atomic E-state index is 0.200. The van der Waals surface area contributed by atoms with Crippen LogP contribution in [-0.4, -0.2) is 38.2 Å². The van der Waals surface area contributed by atoms with Gasteiger partial charge in [-0.25, -0.2) is 0 Å². The van der Waals surface area contributed by atoms with Crippen molar-refractivity contribution in [1.29, 1.82) is 0 Å². The van der Waals surface area contributed by atoms with E-state index in [0.29, 0.717) is 6.04 Å². The number of aromatic nitrogens is 3. The second-order valence-corrected chi connectivity index (χ2v) is 8.38. The Kier molecular flexibility index (Phi) is 4.03. The lowest BCUT2D eigenvalue weighted by Crippen LogP contribution is -2.37. The molecule has 2 aromatic rings. The zero-order valence-corrected chi connectivity index (χ0v) is 15.1. The summed E-state index contributed by atoms with van der Waals surface area (Å²) in [6.07, 6.45) is 12.6. The van der Waals surface area contributed by atoms with Crippen molar-refractivity contribution in [2.45, 2.75) is 51.0 Å². The molecule has 3 aliphatic rings. The Morgan fingerprint density at radius 1 is 1.04 bits per heavy atom. The van der Waals surface area contributed by atoms with E-state index in [9.17, 15) is 4.79 Å². The summed E-state index contributed by atoms with van der Waals surface area (Å²) < 4.78 is 1.85. The molecule has 0 N–H and O–H groups in total. The molecule has 1 amide bonds. The molecular formula is C21H26N4O. The number of amides is 1. The average molecular weight is 350 g/mol. The molecule has 5 rings (SSSR count). The van der Waals surface area contributed by atoms with Gasteiger partial charge in [0.25, 0.3) is 5.91 Å². The number of carbonyl (C=O) groups is 1. The van der Waals surface area contributed by atoms with Crippen LogP contribution in [0.4, 0.5) is 0 Å². The van der Waals surface area contributed by atoms with Gasteiger partial charge < -0.3 is 4.90 Å². The van der Waals surface area contributed by atoms with Gasteiger partial charge in [-0.1, -0.05) is 6.42 Å². The summed E-state index contributed by atoms with van der Waals surface area (Å²) in [7, 11) is 0. The van der Waals surface area contributed by atoms with Crippen molar-refractivity contribution in [3.05, 3.63) is 42.5 Å². The van der Waals surface area contributed by atoms with Gasteiger partial charge in [0.2, 0.25) is 0 Å². The van der Waals surface area contributed by atoms with E-state index in [0.717, 1.165) is 42.0 Å². The summed E-state index contributed by atoms with van der Waals surface area (Å²) in [5.74, 6) is 3.00. The van der Waals surface area contributed by atoms with E-state index in [1.807, 2.05) is 28.8 Å². The van der Waals surface area contributed by atoms with Crippen LogP contribution in [0.2, 0.25) is 0 Å². The van der Waals surface area contributed by atoms with Gasteiger partial charge in [0.1, 0.15) is 12.7 Å². The molecule has 5 nitrogen and oxygen atoms in total. The minimum atomic E-state index is 0.200. The van der Waals surface area contributed by atoms with Crippen LogP contribution in [0.3, 0.4) is 0 Å². The van der Waals surface area contributed by atoms with Crippen molar-refractivity contribution < 1.29 is 4.79 Å². The lowest BCUT2D eigenvalue weighted by molar-refractivity contribution is 0.0708. The molecule has 2 saturated carbocycles. The van der Waals surface area contributed by atoms with Crippen molar-refractivity contribution in [2.75, 3.05) is 6.54 Å². The van der Waals surface area contributed by atoms with Gasteiger partial charge in [-0.15, -0.1) is 10.2 Å². The van der Waals surface area contributed by atoms with Crippen molar-refractivity contribution in [3.63, 3.8) is 0 Å². The Hall–Kier alpha value is -2.17. The van der Waals surface area contributed by atoms with Gasteiger partial charge in [0.05, 0.1) is 0 Å². The van der Waals surface area contributed by atoms with E-state index >= 15 is 0 Å². The van der Waals surface area contributed by atoms with Gasteiger partial charge in [0.15, 0.2) is 0 Å². The highest BCUT2D eigenvalue weighted by atomic mass is 16.2. The highest BCUT2D eigenvalue weighted by molar-refractivity contribution is 5.94. The first-order valence-electron chi connectivity index (χ1n) is 10.0. The highest BCUT2D eigenvalue weighted by Gasteiger charge is 2.42. The van der Waals surface area contributed by atoms with Crippen molar-refractivity contribution in [1.82, 2.24) is 19.7 Å². The van der Waals surface area contributed by atoms with Gasteiger partial charge in [-0.3, -0.25) is 9.36 Å². The molecule has 2 bridgehead atoms. The summed E-state index contributed by atoms with van der Waals surface area (Å²) in [4.78, 5) is 15.2. The molecule has 1 saturated heterocycles. The number of carbonyl (C=O) groups excluding carboxylic acids is 1. The van der Waals surface area contributed by atoms with Crippen molar-refractivity contribution in [2.24, 2.45) is 17.8 Å². The SMILES string of the molecule is O=C(c1ccc(-n2cnnc2)cc1)N1CCCC1CC1CC2CCC1C2. The molecule has 4 unspecified atom stereocenters. The predicted molar refractivity (Wildman–Crippen MR) is 99.0 cm³/mol. The lowest BCUT2D eigenvalue weighted by atomic mass is 9.83. The van der Waals surface area contributed by atoms with Crippen LogP contribution in [0.15, 0.2) is 36.9 Å². The smallest absolute Gasteiger partial charge is 0.254 e. The molecule has 2 aliphatic carbocycles. The fourth-order valence-electron chi connectivity index (χ4n) is 5.64. The third kappa shape index (κ3) is 2.83. The standard InChI is InChI=1S/C21H26N4O/c26-21(16-5-7-19(8-6-16)24-13-22-23-14-24)25-9-1-2-20(25)12-18-11-15-3-4-17(18)10-15/h5-8,13-15,17-18,20H,1-4,9-12H2. The van der Waals surface area contributed by atoms with Gasteiger partial charge in [-0.05, 0) is 80.5 Å². The minimum Gasteiger partial charge on any atom is -0.336 e. The predicted octanol–water partition coefficient (Wildman–Crippen LogP) is 3.70. The summed E-state index contributed by atoms with van der Waals surface area (Å²) in [5, 5.41) is 7.66. The fraction of sp³-hybridized carbons (Fsp3) is 0.571. The third-order valence-corrected chi connectivity index (χ3v) is 6.93. The zero-order chi connectivity index (χ0) is 17.5. The molecule has 3 fully saturated rings. The van der Waals surface area contributed by atoms with Crippen molar-refractivity contribution >= 4 is 5.91 Å². The summed E-state index contributed by atoms with van der Waals surface area (Å²) >= 11 is 0. The number of hydrogen-bond acceptors (Lipinski definition) is 3. The zero-order valence-electron chi connectivity index (χ0n) is 15.1. The molecule has 5 heteroatoms. The normalized spacial score (nSPS) is 30.2. The maximum Gasteiger partial charge on any atom is 0.254 e. The van der Waals surface area contributed by atoms with E-state index in [4.69, 9.17) is 0 Å². The number of nitrogens with zero attached hydrogens (tertiary/aromatic N) is 4. The van der Waals surface area contributed by atoms with Gasteiger partial charge in [0, 0.05) is 23.8 Å². The Morgan fingerprint density at radius 3 is 2.54 bits per heavy atom. The number of hydrogen-bond donors (Lipinski definition) is 0. The van der Waals surface area contributed by atoms with Crippen LogP contribution in [0.25, 0.3) is 5.69 Å². The number of likely N-dealkylation sites (tertiary alicyclic amines) is 1. The van der Waals surface area contributed by atoms with E-state index in [-0.39, 0.29) is 5.91 Å². The molecule has 1 aromatic carbocycles. The van der Waals surface area contributed by atoms with Crippen LogP contribution < -0.4 is 0 Å². The van der Waals surface area contributed by atoms with Gasteiger partial charge in [-0.2, -0.15) is 0 Å². The first kappa shape index (κ1) is 16.0. The summed E-state index contributed by atoms with van der Waals surface area (Å²) in [6.45, 7) is 0.914. The molecule has 1 aliphatic heterocycles. The van der Waals surface area contributed by atoms with E-state index in [2.05, 4.69) is 15.1 Å². The fourth-order valence-corrected chi connectivity index (χ4v) is 5.64. The number of benzene rings is 1. The first-order valence-corrected chi connectivity index (χ1v) is 10.0. The first-order chi connectivity index (χ1) is 12.8. The quantitative estimate of drug-likeness (QED) is 0.845. The largest absolute Gasteiger partial charge is 0.336 e. The van der Waals surface area contributed by atoms with E-state index < -0.39 is 0 Å². The molecular weight excluding hydrogens is 324 g/mol. The summed E-state index contributed by atoms with van der Waals surface area (Å²) in [6, 6.07) is 8.26. The Morgan fingerprint density at radius 2 is 1.85 bits per heavy atom. The summed E-state index contributed by atoms with van der Waals surface area (Å²) in [5.41, 5.74) is 1.77. The van der Waals surface area contributed by atoms with Crippen LogP contribution in [0.5, 0.6) is 0 Å². The average Bonchev–Trinajstić information content (AvgIpc) is 3.45. The van der Waals surface area contributed by atoms with E-state index in [1.54, 1.807) is 12.7 Å². The van der Waals surface area contributed by atoms with Gasteiger partial charge >= 0.3 is 0 Å². The Balaban J connectivity index is 1.28. The molecule has 136 valence electrons. The van der Waals surface area contributed by atoms with Crippen LogP contribution >= 0.6 is 0 Å². The second-order valence-electron chi connectivity index (χ2n) is 8.38. The maximum absolute atomic E-state index is 13.1. The third-order valence-electron chi connectivity index (χ3n) is 6.93. The maximum atomic E-state index is 13.1. The molecule has 4 atom stereocenters. The molecule has 1 aromatic heterocycles. The number of fused-ring (bicyclic) bond motifs is 2. The molecule has 0 spiro atoms. The van der Waals surface area contributed by atoms with Crippen LogP contribution in [-0.2, 0) is 0 Å². The molecule has 26 heavy (non-hydrogen) atoms. The van der Waals surface area contributed by atoms with Crippen LogP contribution in [0, 0.1) is 17.8 Å². The molecule has 2 heterocycles. The lowest BCUT2D eigenvalue weighted by Gasteiger charge is -2.30. The number of rotatable bonds is 4.